The van der Waals surface area contributed by atoms with Crippen LogP contribution in [0.1, 0.15) is 16.7 Å². The average molecular weight is 320 g/mol. The molecule has 0 spiro atoms. The number of hydrogen-bond donors (Lipinski definition) is 3. The van der Waals surface area contributed by atoms with Gasteiger partial charge in [-0.1, -0.05) is 35.6 Å². The monoisotopic (exact) mass is 320 g/mol. The van der Waals surface area contributed by atoms with Crippen LogP contribution in [0.4, 0.5) is 5.13 Å². The number of fused-ring (bicyclic) bond motifs is 1. The molecule has 7 heteroatoms. The number of nitrogens with two attached hydrogens (primary N) is 2. The first-order valence-electron chi connectivity index (χ1n) is 6.67. The Hall–Kier alpha value is -3.24. The lowest BCUT2D eigenvalue weighted by atomic mass is 10.00. The molecule has 23 heavy (non-hydrogen) atoms. The Morgan fingerprint density at radius 2 is 1.96 bits per heavy atom. The van der Waals surface area contributed by atoms with Gasteiger partial charge in [0, 0.05) is 11.1 Å². The van der Waals surface area contributed by atoms with Crippen LogP contribution in [-0.4, -0.2) is 16.7 Å². The van der Waals surface area contributed by atoms with Crippen molar-refractivity contribution in [3.8, 4) is 6.07 Å². The highest BCUT2D eigenvalue weighted by atomic mass is 32.1. The standard InChI is InChI=1S/C16H12N6S/c17-8-9-4-3-5-10(14(18)19)13(9)15(20)22-16-21-11-6-1-2-7-12(11)23-16/h1-7H,(H3,18,19)(H2,20,21,22). The Kier molecular flexibility index (Phi) is 3.75. The summed E-state index contributed by atoms with van der Waals surface area (Å²) in [5.74, 6) is -0.0500. The molecular formula is C16H12N6S. The summed E-state index contributed by atoms with van der Waals surface area (Å²) in [5, 5.41) is 17.4. The molecule has 1 heterocycles. The molecular weight excluding hydrogens is 308 g/mol. The molecule has 2 aromatic carbocycles. The van der Waals surface area contributed by atoms with Crippen LogP contribution in [0.3, 0.4) is 0 Å². The first-order valence-corrected chi connectivity index (χ1v) is 7.49. The van der Waals surface area contributed by atoms with E-state index >= 15 is 0 Å². The number of rotatable bonds is 3. The van der Waals surface area contributed by atoms with E-state index in [2.05, 4.69) is 16.0 Å². The Morgan fingerprint density at radius 1 is 1.17 bits per heavy atom. The average Bonchev–Trinajstić information content (AvgIpc) is 2.95. The number of benzene rings is 2. The fraction of sp³-hybridized carbons (Fsp3) is 0. The number of aliphatic imine (C=N–C) groups is 1. The van der Waals surface area contributed by atoms with Gasteiger partial charge < -0.3 is 11.5 Å². The number of para-hydroxylation sites is 1. The normalized spacial score (nSPS) is 11.3. The highest BCUT2D eigenvalue weighted by Crippen LogP contribution is 2.28. The van der Waals surface area contributed by atoms with Gasteiger partial charge in [-0.3, -0.25) is 5.41 Å². The van der Waals surface area contributed by atoms with Crippen molar-refractivity contribution in [1.29, 1.82) is 10.7 Å². The van der Waals surface area contributed by atoms with Gasteiger partial charge in [-0.25, -0.2) is 9.98 Å². The summed E-state index contributed by atoms with van der Waals surface area (Å²) in [6.07, 6.45) is 0. The second kappa shape index (κ2) is 5.87. The quantitative estimate of drug-likeness (QED) is 0.506. The highest BCUT2D eigenvalue weighted by Gasteiger charge is 2.15. The van der Waals surface area contributed by atoms with E-state index < -0.39 is 0 Å². The zero-order chi connectivity index (χ0) is 16.4. The summed E-state index contributed by atoms with van der Waals surface area (Å²) in [7, 11) is 0. The number of aromatic nitrogens is 1. The summed E-state index contributed by atoms with van der Waals surface area (Å²) in [4.78, 5) is 8.71. The predicted octanol–water partition coefficient (Wildman–Crippen LogP) is 2.49. The maximum atomic E-state index is 9.27. The minimum atomic E-state index is -0.167. The van der Waals surface area contributed by atoms with Gasteiger partial charge in [0.25, 0.3) is 0 Å². The number of nitriles is 1. The second-order valence-corrected chi connectivity index (χ2v) is 5.72. The number of thiazole rings is 1. The molecule has 112 valence electrons. The molecule has 0 fully saturated rings. The lowest BCUT2D eigenvalue weighted by Crippen LogP contribution is -2.22. The van der Waals surface area contributed by atoms with Crippen LogP contribution in [0, 0.1) is 16.7 Å². The summed E-state index contributed by atoms with van der Waals surface area (Å²) >= 11 is 1.40. The fourth-order valence-corrected chi connectivity index (χ4v) is 3.06. The van der Waals surface area contributed by atoms with Crippen molar-refractivity contribution in [3.63, 3.8) is 0 Å². The molecule has 0 aliphatic heterocycles. The summed E-state index contributed by atoms with van der Waals surface area (Å²) < 4.78 is 0.999. The van der Waals surface area contributed by atoms with Crippen molar-refractivity contribution in [3.05, 3.63) is 59.2 Å². The minimum absolute atomic E-state index is 0.117. The minimum Gasteiger partial charge on any atom is -0.384 e. The Morgan fingerprint density at radius 3 is 2.65 bits per heavy atom. The lowest BCUT2D eigenvalue weighted by molar-refractivity contribution is 1.35. The van der Waals surface area contributed by atoms with Crippen molar-refractivity contribution >= 4 is 38.4 Å². The maximum absolute atomic E-state index is 9.27. The van der Waals surface area contributed by atoms with E-state index in [9.17, 15) is 5.26 Å². The molecule has 0 aliphatic carbocycles. The van der Waals surface area contributed by atoms with Crippen molar-refractivity contribution in [2.45, 2.75) is 0 Å². The molecule has 3 rings (SSSR count). The van der Waals surface area contributed by atoms with Crippen molar-refractivity contribution in [2.75, 3.05) is 0 Å². The van der Waals surface area contributed by atoms with Crippen LogP contribution in [0.25, 0.3) is 10.2 Å². The number of amidine groups is 2. The zero-order valence-corrected chi connectivity index (χ0v) is 12.8. The molecule has 0 saturated heterocycles. The lowest BCUT2D eigenvalue weighted by Gasteiger charge is -2.09. The Balaban J connectivity index is 2.14. The van der Waals surface area contributed by atoms with Gasteiger partial charge in [-0.05, 0) is 18.2 Å². The molecule has 1 aromatic heterocycles. The van der Waals surface area contributed by atoms with Gasteiger partial charge in [0.1, 0.15) is 11.7 Å². The van der Waals surface area contributed by atoms with Gasteiger partial charge in [-0.15, -0.1) is 0 Å². The molecule has 0 aliphatic rings. The molecule has 3 aromatic rings. The van der Waals surface area contributed by atoms with Crippen LogP contribution < -0.4 is 11.5 Å². The highest BCUT2D eigenvalue weighted by molar-refractivity contribution is 7.22. The summed E-state index contributed by atoms with van der Waals surface area (Å²) in [5.41, 5.74) is 13.6. The van der Waals surface area contributed by atoms with Crippen LogP contribution in [0.2, 0.25) is 0 Å². The SMILES string of the molecule is N#Cc1cccc(C(=N)N)c1/C(N)=N/c1nc2ccccc2s1. The molecule has 5 N–H and O–H groups in total. The molecule has 0 unspecified atom stereocenters. The topological polar surface area (TPSA) is 125 Å². The molecule has 0 amide bonds. The van der Waals surface area contributed by atoms with Crippen molar-refractivity contribution in [2.24, 2.45) is 16.5 Å². The van der Waals surface area contributed by atoms with Gasteiger partial charge >= 0.3 is 0 Å². The van der Waals surface area contributed by atoms with Crippen LogP contribution in [0.5, 0.6) is 0 Å². The second-order valence-electron chi connectivity index (χ2n) is 4.71. The van der Waals surface area contributed by atoms with Gasteiger partial charge in [-0.2, -0.15) is 5.26 Å². The van der Waals surface area contributed by atoms with Gasteiger partial charge in [0.15, 0.2) is 0 Å². The van der Waals surface area contributed by atoms with Gasteiger partial charge in [0.2, 0.25) is 5.13 Å². The fourth-order valence-electron chi connectivity index (χ4n) is 2.21. The third-order valence-electron chi connectivity index (χ3n) is 3.23. The summed E-state index contributed by atoms with van der Waals surface area (Å²) in [6, 6.07) is 14.6. The van der Waals surface area contributed by atoms with E-state index in [1.54, 1.807) is 18.2 Å². The maximum Gasteiger partial charge on any atom is 0.212 e. The predicted molar refractivity (Wildman–Crippen MR) is 92.2 cm³/mol. The van der Waals surface area contributed by atoms with Crippen LogP contribution in [0.15, 0.2) is 47.5 Å². The number of nitrogen functional groups attached to an aromatic ring is 1. The number of nitrogens with one attached hydrogen (secondary N) is 1. The van der Waals surface area contributed by atoms with Crippen LogP contribution in [-0.2, 0) is 0 Å². The van der Waals surface area contributed by atoms with E-state index in [1.807, 2.05) is 24.3 Å². The van der Waals surface area contributed by atoms with Crippen molar-refractivity contribution < 1.29 is 0 Å². The Bertz CT molecular complexity index is 947. The van der Waals surface area contributed by atoms with E-state index in [1.165, 1.54) is 11.3 Å². The zero-order valence-electron chi connectivity index (χ0n) is 11.9. The van der Waals surface area contributed by atoms with Crippen LogP contribution >= 0.6 is 11.3 Å². The van der Waals surface area contributed by atoms with Crippen molar-refractivity contribution in [1.82, 2.24) is 4.98 Å². The largest absolute Gasteiger partial charge is 0.384 e. The van der Waals surface area contributed by atoms with E-state index in [0.717, 1.165) is 10.2 Å². The third-order valence-corrected chi connectivity index (χ3v) is 4.16. The third kappa shape index (κ3) is 2.75. The molecule has 0 radical (unpaired) electrons. The first-order chi connectivity index (χ1) is 11.1. The molecule has 6 nitrogen and oxygen atoms in total. The van der Waals surface area contributed by atoms with Gasteiger partial charge in [0.05, 0.1) is 21.8 Å². The van der Waals surface area contributed by atoms with E-state index in [0.29, 0.717) is 21.8 Å². The Labute approximate surface area is 136 Å². The number of hydrogen-bond acceptors (Lipinski definition) is 5. The molecule has 0 atom stereocenters. The smallest absolute Gasteiger partial charge is 0.212 e. The molecule has 0 saturated carbocycles. The molecule has 0 bridgehead atoms. The summed E-state index contributed by atoms with van der Waals surface area (Å²) in [6.45, 7) is 0. The van der Waals surface area contributed by atoms with E-state index in [-0.39, 0.29) is 11.7 Å². The van der Waals surface area contributed by atoms with E-state index in [4.69, 9.17) is 16.9 Å². The number of nitrogens with zero attached hydrogens (tertiary/aromatic N) is 3. The first kappa shape index (κ1) is 14.7.